The zero-order chi connectivity index (χ0) is 17.0. The zero-order valence-corrected chi connectivity index (χ0v) is 15.6. The molecule has 136 valence electrons. The van der Waals surface area contributed by atoms with Gasteiger partial charge in [-0.3, -0.25) is 4.99 Å². The van der Waals surface area contributed by atoms with Crippen LogP contribution in [0.3, 0.4) is 0 Å². The standard InChI is InChI=1S/C19H35N5/c1-3-20-19(23-13-8-11-18-9-4-5-10-18)22-12-6-7-15-24-16-14-21-17(24)2/h14,16,18H,3-13,15H2,1-2H3,(H2,20,22,23). The Kier molecular flexibility index (Phi) is 8.71. The second kappa shape index (κ2) is 11.1. The van der Waals surface area contributed by atoms with E-state index in [1.165, 1.54) is 38.5 Å². The summed E-state index contributed by atoms with van der Waals surface area (Å²) in [5, 5.41) is 6.81. The molecular weight excluding hydrogens is 298 g/mol. The molecule has 0 aromatic carbocycles. The number of nitrogens with one attached hydrogen (secondary N) is 2. The summed E-state index contributed by atoms with van der Waals surface area (Å²) in [6.45, 7) is 8.06. The first-order valence-corrected chi connectivity index (χ1v) is 9.79. The van der Waals surface area contributed by atoms with Gasteiger partial charge in [-0.05, 0) is 45.4 Å². The molecule has 2 rings (SSSR count). The highest BCUT2D eigenvalue weighted by Crippen LogP contribution is 2.28. The van der Waals surface area contributed by atoms with E-state index < -0.39 is 0 Å². The fourth-order valence-corrected chi connectivity index (χ4v) is 3.47. The highest BCUT2D eigenvalue weighted by atomic mass is 15.2. The van der Waals surface area contributed by atoms with E-state index in [1.807, 2.05) is 6.20 Å². The van der Waals surface area contributed by atoms with Crippen molar-refractivity contribution in [1.29, 1.82) is 0 Å². The Balaban J connectivity index is 1.57. The molecule has 1 aliphatic rings. The van der Waals surface area contributed by atoms with Crippen LogP contribution in [-0.2, 0) is 6.54 Å². The molecule has 1 aromatic heterocycles. The molecule has 0 atom stereocenters. The van der Waals surface area contributed by atoms with Crippen LogP contribution in [-0.4, -0.2) is 35.1 Å². The normalized spacial score (nSPS) is 15.8. The summed E-state index contributed by atoms with van der Waals surface area (Å²) < 4.78 is 2.21. The molecular formula is C19H35N5. The fraction of sp³-hybridized carbons (Fsp3) is 0.789. The van der Waals surface area contributed by atoms with Crippen LogP contribution in [0.1, 0.15) is 64.1 Å². The van der Waals surface area contributed by atoms with Gasteiger partial charge < -0.3 is 15.2 Å². The van der Waals surface area contributed by atoms with E-state index in [0.29, 0.717) is 0 Å². The monoisotopic (exact) mass is 333 g/mol. The van der Waals surface area contributed by atoms with Gasteiger partial charge in [-0.2, -0.15) is 0 Å². The van der Waals surface area contributed by atoms with Gasteiger partial charge in [-0.15, -0.1) is 0 Å². The Morgan fingerprint density at radius 1 is 1.25 bits per heavy atom. The van der Waals surface area contributed by atoms with Crippen molar-refractivity contribution in [1.82, 2.24) is 20.2 Å². The van der Waals surface area contributed by atoms with Crippen molar-refractivity contribution in [2.75, 3.05) is 19.6 Å². The number of hydrogen-bond acceptors (Lipinski definition) is 2. The van der Waals surface area contributed by atoms with Crippen LogP contribution in [0, 0.1) is 12.8 Å². The van der Waals surface area contributed by atoms with Crippen LogP contribution in [0.15, 0.2) is 17.4 Å². The molecule has 5 nitrogen and oxygen atoms in total. The lowest BCUT2D eigenvalue weighted by atomic mass is 10.0. The first-order chi connectivity index (χ1) is 11.8. The van der Waals surface area contributed by atoms with Crippen LogP contribution in [0.5, 0.6) is 0 Å². The van der Waals surface area contributed by atoms with Crippen LogP contribution >= 0.6 is 0 Å². The van der Waals surface area contributed by atoms with Crippen molar-refractivity contribution in [3.63, 3.8) is 0 Å². The van der Waals surface area contributed by atoms with E-state index in [2.05, 4.69) is 40.2 Å². The minimum atomic E-state index is 0.919. The topological polar surface area (TPSA) is 54.2 Å². The average Bonchev–Trinajstić information content (AvgIpc) is 3.23. The number of unbranched alkanes of at least 4 members (excludes halogenated alkanes) is 1. The minimum Gasteiger partial charge on any atom is -0.357 e. The molecule has 1 saturated carbocycles. The van der Waals surface area contributed by atoms with E-state index in [9.17, 15) is 0 Å². The third kappa shape index (κ3) is 6.93. The quantitative estimate of drug-likeness (QED) is 0.391. The Morgan fingerprint density at radius 2 is 2.08 bits per heavy atom. The maximum Gasteiger partial charge on any atom is 0.191 e. The lowest BCUT2D eigenvalue weighted by molar-refractivity contribution is 0.487. The van der Waals surface area contributed by atoms with Gasteiger partial charge in [0.05, 0.1) is 0 Å². The van der Waals surface area contributed by atoms with Gasteiger partial charge in [0, 0.05) is 38.6 Å². The lowest BCUT2D eigenvalue weighted by Gasteiger charge is -2.12. The van der Waals surface area contributed by atoms with Crippen LogP contribution in [0.2, 0.25) is 0 Å². The van der Waals surface area contributed by atoms with Crippen molar-refractivity contribution >= 4 is 5.96 Å². The molecule has 1 aliphatic carbocycles. The van der Waals surface area contributed by atoms with Gasteiger partial charge in [0.1, 0.15) is 5.82 Å². The predicted octanol–water partition coefficient (Wildman–Crippen LogP) is 3.50. The van der Waals surface area contributed by atoms with Crippen molar-refractivity contribution in [2.24, 2.45) is 10.9 Å². The maximum absolute atomic E-state index is 4.72. The summed E-state index contributed by atoms with van der Waals surface area (Å²) in [4.78, 5) is 8.97. The molecule has 0 bridgehead atoms. The lowest BCUT2D eigenvalue weighted by Crippen LogP contribution is -2.38. The molecule has 1 fully saturated rings. The van der Waals surface area contributed by atoms with E-state index in [4.69, 9.17) is 4.99 Å². The number of aliphatic imine (C=N–C) groups is 1. The number of aromatic nitrogens is 2. The molecule has 0 unspecified atom stereocenters. The Morgan fingerprint density at radius 3 is 2.79 bits per heavy atom. The number of rotatable bonds is 10. The summed E-state index contributed by atoms with van der Waals surface area (Å²) in [5.41, 5.74) is 0. The Hall–Kier alpha value is -1.52. The molecule has 24 heavy (non-hydrogen) atoms. The summed E-state index contributed by atoms with van der Waals surface area (Å²) in [5.74, 6) is 3.05. The first kappa shape index (κ1) is 18.8. The fourth-order valence-electron chi connectivity index (χ4n) is 3.47. The van der Waals surface area contributed by atoms with Gasteiger partial charge in [0.15, 0.2) is 5.96 Å². The van der Waals surface area contributed by atoms with Crippen molar-refractivity contribution in [2.45, 2.75) is 71.8 Å². The highest BCUT2D eigenvalue weighted by Gasteiger charge is 2.13. The number of nitrogens with zero attached hydrogens (tertiary/aromatic N) is 3. The third-order valence-corrected chi connectivity index (χ3v) is 4.90. The van der Waals surface area contributed by atoms with Crippen LogP contribution < -0.4 is 10.6 Å². The minimum absolute atomic E-state index is 0.919. The van der Waals surface area contributed by atoms with Crippen LogP contribution in [0.4, 0.5) is 0 Å². The summed E-state index contributed by atoms with van der Waals surface area (Å²) in [7, 11) is 0. The number of guanidine groups is 1. The summed E-state index contributed by atoms with van der Waals surface area (Å²) in [6.07, 6.45) is 14.6. The summed E-state index contributed by atoms with van der Waals surface area (Å²) in [6, 6.07) is 0. The predicted molar refractivity (Wildman–Crippen MR) is 101 cm³/mol. The number of aryl methyl sites for hydroxylation is 2. The SMILES string of the molecule is CCNC(=NCCCC1CCCC1)NCCCCn1ccnc1C. The molecule has 0 radical (unpaired) electrons. The highest BCUT2D eigenvalue weighted by molar-refractivity contribution is 5.79. The molecule has 1 heterocycles. The maximum atomic E-state index is 4.72. The van der Waals surface area contributed by atoms with E-state index in [-0.39, 0.29) is 0 Å². The second-order valence-electron chi connectivity index (χ2n) is 6.86. The van der Waals surface area contributed by atoms with Gasteiger partial charge in [0.25, 0.3) is 0 Å². The Bertz CT molecular complexity index is 474. The molecule has 2 N–H and O–H groups in total. The molecule has 5 heteroatoms. The third-order valence-electron chi connectivity index (χ3n) is 4.90. The molecule has 0 spiro atoms. The zero-order valence-electron chi connectivity index (χ0n) is 15.6. The average molecular weight is 334 g/mol. The van der Waals surface area contributed by atoms with Crippen molar-refractivity contribution in [3.05, 3.63) is 18.2 Å². The largest absolute Gasteiger partial charge is 0.357 e. The number of imidazole rings is 1. The smallest absolute Gasteiger partial charge is 0.191 e. The van der Waals surface area contributed by atoms with Gasteiger partial charge >= 0.3 is 0 Å². The van der Waals surface area contributed by atoms with E-state index >= 15 is 0 Å². The van der Waals surface area contributed by atoms with Crippen LogP contribution in [0.25, 0.3) is 0 Å². The van der Waals surface area contributed by atoms with Gasteiger partial charge in [0.2, 0.25) is 0 Å². The second-order valence-corrected chi connectivity index (χ2v) is 6.86. The van der Waals surface area contributed by atoms with Gasteiger partial charge in [-0.25, -0.2) is 4.98 Å². The molecule has 1 aromatic rings. The van der Waals surface area contributed by atoms with Crippen molar-refractivity contribution < 1.29 is 0 Å². The summed E-state index contributed by atoms with van der Waals surface area (Å²) >= 11 is 0. The van der Waals surface area contributed by atoms with E-state index in [1.54, 1.807) is 0 Å². The van der Waals surface area contributed by atoms with Gasteiger partial charge in [-0.1, -0.05) is 25.7 Å². The molecule has 0 saturated heterocycles. The van der Waals surface area contributed by atoms with E-state index in [0.717, 1.165) is 56.7 Å². The first-order valence-electron chi connectivity index (χ1n) is 9.79. The number of hydrogen-bond donors (Lipinski definition) is 2. The molecule has 0 aliphatic heterocycles. The Labute approximate surface area is 147 Å². The molecule has 0 amide bonds. The van der Waals surface area contributed by atoms with Crippen molar-refractivity contribution in [3.8, 4) is 0 Å².